The summed E-state index contributed by atoms with van der Waals surface area (Å²) in [5, 5.41) is 20.0. The third kappa shape index (κ3) is 3.16. The molecule has 18 heavy (non-hydrogen) atoms. The molecule has 0 unspecified atom stereocenters. The van der Waals surface area contributed by atoms with E-state index in [-0.39, 0.29) is 11.5 Å². The summed E-state index contributed by atoms with van der Waals surface area (Å²) in [6.45, 7) is 11.9. The fourth-order valence-corrected chi connectivity index (χ4v) is 1.86. The van der Waals surface area contributed by atoms with Crippen LogP contribution in [0.2, 0.25) is 0 Å². The lowest BCUT2D eigenvalue weighted by Gasteiger charge is -2.12. The SMILES string of the molecule is C=C(CC)c1cc(O)c(C(=C)CCCC)cc1O. The number of unbranched alkanes of at least 4 members (excludes halogenated alkanes) is 1. The van der Waals surface area contributed by atoms with Crippen LogP contribution >= 0.6 is 0 Å². The quantitative estimate of drug-likeness (QED) is 0.713. The Morgan fingerprint density at radius 2 is 1.50 bits per heavy atom. The number of aromatic hydroxyl groups is 2. The zero-order valence-electron chi connectivity index (χ0n) is 11.3. The van der Waals surface area contributed by atoms with Gasteiger partial charge in [-0.15, -0.1) is 0 Å². The predicted molar refractivity (Wildman–Crippen MR) is 77.7 cm³/mol. The number of phenolic OH excluding ortho intramolecular Hbond substituents is 2. The van der Waals surface area contributed by atoms with E-state index in [9.17, 15) is 10.2 Å². The van der Waals surface area contributed by atoms with E-state index in [1.165, 1.54) is 0 Å². The molecule has 0 radical (unpaired) electrons. The number of hydrogen-bond acceptors (Lipinski definition) is 2. The summed E-state index contributed by atoms with van der Waals surface area (Å²) in [5.74, 6) is 0.325. The maximum Gasteiger partial charge on any atom is 0.123 e. The first-order chi connectivity index (χ1) is 8.51. The number of phenols is 2. The monoisotopic (exact) mass is 246 g/mol. The molecule has 0 fully saturated rings. The molecule has 0 amide bonds. The van der Waals surface area contributed by atoms with E-state index in [0.29, 0.717) is 11.1 Å². The Bertz CT molecular complexity index is 458. The minimum absolute atomic E-state index is 0.160. The summed E-state index contributed by atoms with van der Waals surface area (Å²) in [5.41, 5.74) is 2.92. The number of rotatable bonds is 6. The molecule has 0 aromatic heterocycles. The highest BCUT2D eigenvalue weighted by atomic mass is 16.3. The Balaban J connectivity index is 3.07. The predicted octanol–water partition coefficient (Wildman–Crippen LogP) is 4.72. The first-order valence-electron chi connectivity index (χ1n) is 6.43. The summed E-state index contributed by atoms with van der Waals surface area (Å²) in [4.78, 5) is 0. The van der Waals surface area contributed by atoms with Gasteiger partial charge in [-0.25, -0.2) is 0 Å². The fraction of sp³-hybridized carbons (Fsp3) is 0.375. The van der Waals surface area contributed by atoms with Crippen molar-refractivity contribution in [2.24, 2.45) is 0 Å². The van der Waals surface area contributed by atoms with Gasteiger partial charge in [0.1, 0.15) is 11.5 Å². The average Bonchev–Trinajstić information content (AvgIpc) is 2.37. The number of benzene rings is 1. The highest BCUT2D eigenvalue weighted by Gasteiger charge is 2.12. The van der Waals surface area contributed by atoms with Crippen molar-refractivity contribution in [3.05, 3.63) is 36.4 Å². The first kappa shape index (κ1) is 14.4. The lowest BCUT2D eigenvalue weighted by molar-refractivity contribution is 0.457. The summed E-state index contributed by atoms with van der Waals surface area (Å²) in [6.07, 6.45) is 3.68. The highest BCUT2D eigenvalue weighted by Crippen LogP contribution is 2.36. The fourth-order valence-electron chi connectivity index (χ4n) is 1.86. The van der Waals surface area contributed by atoms with Gasteiger partial charge in [0, 0.05) is 11.1 Å². The Kier molecular flexibility index (Phi) is 5.02. The lowest BCUT2D eigenvalue weighted by atomic mass is 9.96. The molecule has 2 nitrogen and oxygen atoms in total. The average molecular weight is 246 g/mol. The Morgan fingerprint density at radius 1 is 1.00 bits per heavy atom. The van der Waals surface area contributed by atoms with Crippen LogP contribution in [0, 0.1) is 0 Å². The molecule has 0 heterocycles. The third-order valence-electron chi connectivity index (χ3n) is 3.13. The van der Waals surface area contributed by atoms with Crippen LogP contribution in [-0.2, 0) is 0 Å². The van der Waals surface area contributed by atoms with Gasteiger partial charge in [-0.3, -0.25) is 0 Å². The van der Waals surface area contributed by atoms with Crippen LogP contribution in [-0.4, -0.2) is 10.2 Å². The zero-order chi connectivity index (χ0) is 13.7. The van der Waals surface area contributed by atoms with E-state index in [1.54, 1.807) is 12.1 Å². The van der Waals surface area contributed by atoms with E-state index in [0.717, 1.165) is 36.8 Å². The molecular weight excluding hydrogens is 224 g/mol. The molecule has 98 valence electrons. The van der Waals surface area contributed by atoms with Gasteiger partial charge in [0.25, 0.3) is 0 Å². The summed E-state index contributed by atoms with van der Waals surface area (Å²) in [6, 6.07) is 3.16. The molecule has 0 spiro atoms. The highest BCUT2D eigenvalue weighted by molar-refractivity contribution is 5.76. The normalized spacial score (nSPS) is 10.3. The van der Waals surface area contributed by atoms with E-state index in [2.05, 4.69) is 20.1 Å². The second-order valence-electron chi connectivity index (χ2n) is 4.55. The third-order valence-corrected chi connectivity index (χ3v) is 3.13. The smallest absolute Gasteiger partial charge is 0.123 e. The Hall–Kier alpha value is -1.70. The van der Waals surface area contributed by atoms with Crippen LogP contribution < -0.4 is 0 Å². The zero-order valence-corrected chi connectivity index (χ0v) is 11.3. The van der Waals surface area contributed by atoms with Crippen molar-refractivity contribution in [2.45, 2.75) is 39.5 Å². The van der Waals surface area contributed by atoms with Gasteiger partial charge in [0.15, 0.2) is 0 Å². The summed E-state index contributed by atoms with van der Waals surface area (Å²) >= 11 is 0. The topological polar surface area (TPSA) is 40.5 Å². The summed E-state index contributed by atoms with van der Waals surface area (Å²) < 4.78 is 0. The van der Waals surface area contributed by atoms with Gasteiger partial charge >= 0.3 is 0 Å². The maximum atomic E-state index is 10.0. The molecule has 1 aromatic rings. The molecule has 0 atom stereocenters. The largest absolute Gasteiger partial charge is 0.507 e. The van der Waals surface area contributed by atoms with Crippen molar-refractivity contribution >= 4 is 11.1 Å². The molecule has 0 bridgehead atoms. The maximum absolute atomic E-state index is 10.0. The molecule has 0 saturated heterocycles. The Morgan fingerprint density at radius 3 is 1.94 bits per heavy atom. The van der Waals surface area contributed by atoms with E-state index in [4.69, 9.17) is 0 Å². The molecule has 0 saturated carbocycles. The van der Waals surface area contributed by atoms with Gasteiger partial charge in [-0.1, -0.05) is 33.4 Å². The minimum atomic E-state index is 0.160. The second kappa shape index (κ2) is 6.29. The van der Waals surface area contributed by atoms with Gasteiger partial charge in [0.05, 0.1) is 0 Å². The van der Waals surface area contributed by atoms with Crippen molar-refractivity contribution in [3.63, 3.8) is 0 Å². The van der Waals surface area contributed by atoms with Crippen molar-refractivity contribution in [3.8, 4) is 11.5 Å². The first-order valence-corrected chi connectivity index (χ1v) is 6.43. The molecule has 1 aromatic carbocycles. The molecular formula is C16H22O2. The summed E-state index contributed by atoms with van der Waals surface area (Å²) in [7, 11) is 0. The van der Waals surface area contributed by atoms with E-state index >= 15 is 0 Å². The van der Waals surface area contributed by atoms with Crippen molar-refractivity contribution < 1.29 is 10.2 Å². The molecule has 1 rings (SSSR count). The van der Waals surface area contributed by atoms with Crippen LogP contribution in [0.25, 0.3) is 11.1 Å². The molecule has 2 heteroatoms. The van der Waals surface area contributed by atoms with E-state index in [1.807, 2.05) is 6.92 Å². The van der Waals surface area contributed by atoms with Gasteiger partial charge < -0.3 is 10.2 Å². The standard InChI is InChI=1S/C16H22O2/c1-5-7-8-12(4)14-10-15(17)13(9-16(14)18)11(3)6-2/h9-10,17-18H,3-8H2,1-2H3. The van der Waals surface area contributed by atoms with Crippen LogP contribution in [0.3, 0.4) is 0 Å². The minimum Gasteiger partial charge on any atom is -0.507 e. The molecule has 0 aliphatic carbocycles. The van der Waals surface area contributed by atoms with Gasteiger partial charge in [0.2, 0.25) is 0 Å². The molecule has 0 aliphatic heterocycles. The second-order valence-corrected chi connectivity index (χ2v) is 4.55. The van der Waals surface area contributed by atoms with Crippen LogP contribution in [0.4, 0.5) is 0 Å². The van der Waals surface area contributed by atoms with Crippen molar-refractivity contribution in [1.82, 2.24) is 0 Å². The molecule has 0 aliphatic rings. The Labute approximate surface area is 109 Å². The lowest BCUT2D eigenvalue weighted by Crippen LogP contribution is -1.89. The van der Waals surface area contributed by atoms with Crippen molar-refractivity contribution in [1.29, 1.82) is 0 Å². The van der Waals surface area contributed by atoms with Crippen LogP contribution in [0.15, 0.2) is 25.3 Å². The van der Waals surface area contributed by atoms with Crippen LogP contribution in [0.5, 0.6) is 11.5 Å². The molecule has 2 N–H and O–H groups in total. The van der Waals surface area contributed by atoms with Gasteiger partial charge in [-0.05, 0) is 42.5 Å². The van der Waals surface area contributed by atoms with Crippen LogP contribution in [0.1, 0.15) is 50.7 Å². The number of hydrogen-bond donors (Lipinski definition) is 2. The van der Waals surface area contributed by atoms with Gasteiger partial charge in [-0.2, -0.15) is 0 Å². The van der Waals surface area contributed by atoms with Crippen molar-refractivity contribution in [2.75, 3.05) is 0 Å². The number of allylic oxidation sites excluding steroid dienone is 2. The van der Waals surface area contributed by atoms with E-state index < -0.39 is 0 Å².